The van der Waals surface area contributed by atoms with Crippen molar-refractivity contribution in [1.29, 1.82) is 0 Å². The van der Waals surface area contributed by atoms with Crippen LogP contribution in [0, 0.1) is 5.82 Å². The first kappa shape index (κ1) is 17.6. The molecular weight excluding hydrogens is 351 g/mol. The average molecular weight is 367 g/mol. The Kier molecular flexibility index (Phi) is 5.47. The van der Waals surface area contributed by atoms with Crippen molar-refractivity contribution < 1.29 is 18.0 Å². The molecule has 1 aliphatic heterocycles. The van der Waals surface area contributed by atoms with Gasteiger partial charge in [-0.3, -0.25) is 4.79 Å². The average Bonchev–Trinajstić information content (AvgIpc) is 2.62. The molecule has 25 heavy (non-hydrogen) atoms. The van der Waals surface area contributed by atoms with Crippen LogP contribution in [0.1, 0.15) is 10.4 Å². The van der Waals surface area contributed by atoms with Gasteiger partial charge < -0.3 is 9.80 Å². The molecule has 1 amide bonds. The third kappa shape index (κ3) is 4.25. The number of halogens is 3. The summed E-state index contributed by atoms with van der Waals surface area (Å²) in [5, 5.41) is 0.0449. The number of alkyl halides is 2. The van der Waals surface area contributed by atoms with Crippen LogP contribution in [0.4, 0.5) is 18.9 Å². The molecule has 1 fully saturated rings. The summed E-state index contributed by atoms with van der Waals surface area (Å²) >= 11 is 0.278. The van der Waals surface area contributed by atoms with Crippen LogP contribution in [-0.4, -0.2) is 47.7 Å². The number of carbonyl (C=O) groups excluding carboxylic acids is 1. The highest BCUT2D eigenvalue weighted by Crippen LogP contribution is 2.27. The van der Waals surface area contributed by atoms with Crippen molar-refractivity contribution in [3.63, 3.8) is 0 Å². The monoisotopic (exact) mass is 367 g/mol. The lowest BCUT2D eigenvalue weighted by molar-refractivity contribution is 0.0742. The maximum Gasteiger partial charge on any atom is 0.290 e. The molecular formula is C17H16F3N3OS. The first-order valence-electron chi connectivity index (χ1n) is 7.74. The normalized spacial score (nSPS) is 14.9. The highest BCUT2D eigenvalue weighted by atomic mass is 32.2. The minimum absolute atomic E-state index is 0.0449. The Hall–Kier alpha value is -2.22. The maximum atomic E-state index is 13.0. The van der Waals surface area contributed by atoms with Gasteiger partial charge in [-0.15, -0.1) is 0 Å². The second-order valence-electron chi connectivity index (χ2n) is 5.49. The van der Waals surface area contributed by atoms with Crippen LogP contribution in [0.5, 0.6) is 0 Å². The summed E-state index contributed by atoms with van der Waals surface area (Å²) in [6.45, 7) is 2.11. The van der Waals surface area contributed by atoms with Gasteiger partial charge >= 0.3 is 0 Å². The fourth-order valence-electron chi connectivity index (χ4n) is 2.72. The van der Waals surface area contributed by atoms with E-state index in [9.17, 15) is 18.0 Å². The van der Waals surface area contributed by atoms with Crippen molar-refractivity contribution in [3.8, 4) is 0 Å². The number of thioether (sulfide) groups is 1. The number of pyridine rings is 1. The molecule has 0 saturated carbocycles. The summed E-state index contributed by atoms with van der Waals surface area (Å²) < 4.78 is 38.3. The Balaban J connectivity index is 1.67. The standard InChI is InChI=1S/C17H16F3N3OS/c18-12-3-5-13(6-4-12)22-8-10-23(11-9-22)16(24)14-2-1-7-21-15(14)25-17(19)20/h1-7,17H,8-11H2. The van der Waals surface area contributed by atoms with E-state index in [-0.39, 0.29) is 34.1 Å². The number of carbonyl (C=O) groups is 1. The van der Waals surface area contributed by atoms with Gasteiger partial charge in [-0.1, -0.05) is 0 Å². The Morgan fingerprint density at radius 2 is 1.76 bits per heavy atom. The summed E-state index contributed by atoms with van der Waals surface area (Å²) in [5.74, 6) is -3.22. The molecule has 2 aromatic rings. The lowest BCUT2D eigenvalue weighted by Gasteiger charge is -2.36. The minimum Gasteiger partial charge on any atom is -0.368 e. The predicted octanol–water partition coefficient (Wildman–Crippen LogP) is 3.50. The molecule has 0 unspecified atom stereocenters. The Morgan fingerprint density at radius 1 is 1.08 bits per heavy atom. The highest BCUT2D eigenvalue weighted by molar-refractivity contribution is 7.99. The van der Waals surface area contributed by atoms with Gasteiger partial charge in [0.1, 0.15) is 10.8 Å². The van der Waals surface area contributed by atoms with Crippen molar-refractivity contribution in [3.05, 3.63) is 54.0 Å². The van der Waals surface area contributed by atoms with Gasteiger partial charge in [0.25, 0.3) is 11.7 Å². The van der Waals surface area contributed by atoms with Crippen molar-refractivity contribution in [2.24, 2.45) is 0 Å². The molecule has 132 valence electrons. The number of piperazine rings is 1. The van der Waals surface area contributed by atoms with E-state index in [1.807, 2.05) is 0 Å². The molecule has 0 atom stereocenters. The van der Waals surface area contributed by atoms with Crippen molar-refractivity contribution >= 4 is 23.4 Å². The van der Waals surface area contributed by atoms with E-state index in [0.29, 0.717) is 26.2 Å². The van der Waals surface area contributed by atoms with E-state index >= 15 is 0 Å². The first-order valence-corrected chi connectivity index (χ1v) is 8.62. The molecule has 3 rings (SSSR count). The van der Waals surface area contributed by atoms with Crippen molar-refractivity contribution in [2.75, 3.05) is 31.1 Å². The fraction of sp³-hybridized carbons (Fsp3) is 0.294. The molecule has 0 radical (unpaired) electrons. The van der Waals surface area contributed by atoms with Gasteiger partial charge in [0.05, 0.1) is 5.56 Å². The zero-order chi connectivity index (χ0) is 17.8. The summed E-state index contributed by atoms with van der Waals surface area (Å²) in [4.78, 5) is 20.2. The highest BCUT2D eigenvalue weighted by Gasteiger charge is 2.25. The summed E-state index contributed by atoms with van der Waals surface area (Å²) in [7, 11) is 0. The molecule has 0 N–H and O–H groups in total. The Bertz CT molecular complexity index is 734. The third-order valence-corrected chi connectivity index (χ3v) is 4.69. The van der Waals surface area contributed by atoms with Gasteiger partial charge in [-0.05, 0) is 48.2 Å². The summed E-state index contributed by atoms with van der Waals surface area (Å²) in [5.41, 5.74) is 1.09. The van der Waals surface area contributed by atoms with Crippen LogP contribution in [-0.2, 0) is 0 Å². The fourth-order valence-corrected chi connectivity index (χ4v) is 3.29. The lowest BCUT2D eigenvalue weighted by Crippen LogP contribution is -2.49. The van der Waals surface area contributed by atoms with Crippen LogP contribution in [0.15, 0.2) is 47.6 Å². The molecule has 0 bridgehead atoms. The number of hydrogen-bond acceptors (Lipinski definition) is 4. The van der Waals surface area contributed by atoms with Crippen LogP contribution in [0.2, 0.25) is 0 Å². The quantitative estimate of drug-likeness (QED) is 0.775. The van der Waals surface area contributed by atoms with Crippen molar-refractivity contribution in [1.82, 2.24) is 9.88 Å². The molecule has 2 heterocycles. The lowest BCUT2D eigenvalue weighted by atomic mass is 10.2. The van der Waals surface area contributed by atoms with E-state index < -0.39 is 5.76 Å². The molecule has 1 aromatic heterocycles. The van der Waals surface area contributed by atoms with Gasteiger partial charge in [0, 0.05) is 38.1 Å². The van der Waals surface area contributed by atoms with Crippen molar-refractivity contribution in [2.45, 2.75) is 10.8 Å². The third-order valence-electron chi connectivity index (χ3n) is 3.96. The van der Waals surface area contributed by atoms with E-state index in [1.54, 1.807) is 23.1 Å². The second-order valence-corrected chi connectivity index (χ2v) is 6.47. The zero-order valence-corrected chi connectivity index (χ0v) is 14.1. The number of aromatic nitrogens is 1. The maximum absolute atomic E-state index is 13.0. The van der Waals surface area contributed by atoms with Crippen LogP contribution in [0.25, 0.3) is 0 Å². The molecule has 4 nitrogen and oxygen atoms in total. The smallest absolute Gasteiger partial charge is 0.290 e. The van der Waals surface area contributed by atoms with Crippen LogP contribution >= 0.6 is 11.8 Å². The summed E-state index contributed by atoms with van der Waals surface area (Å²) in [6.07, 6.45) is 1.40. The minimum atomic E-state index is -2.63. The predicted molar refractivity (Wildman–Crippen MR) is 90.6 cm³/mol. The van der Waals surface area contributed by atoms with Gasteiger partial charge in [0.15, 0.2) is 0 Å². The SMILES string of the molecule is O=C(c1cccnc1SC(F)F)N1CCN(c2ccc(F)cc2)CC1. The van der Waals surface area contributed by atoms with Gasteiger partial charge in [-0.25, -0.2) is 9.37 Å². The topological polar surface area (TPSA) is 36.4 Å². The Morgan fingerprint density at radius 3 is 2.40 bits per heavy atom. The molecule has 0 aliphatic carbocycles. The van der Waals surface area contributed by atoms with E-state index in [2.05, 4.69) is 9.88 Å². The number of rotatable bonds is 4. The van der Waals surface area contributed by atoms with E-state index in [1.165, 1.54) is 24.4 Å². The molecule has 8 heteroatoms. The van der Waals surface area contributed by atoms with Crippen LogP contribution < -0.4 is 4.90 Å². The van der Waals surface area contributed by atoms with E-state index in [4.69, 9.17) is 0 Å². The molecule has 1 aliphatic rings. The summed E-state index contributed by atoms with van der Waals surface area (Å²) in [6, 6.07) is 9.28. The molecule has 1 saturated heterocycles. The van der Waals surface area contributed by atoms with Gasteiger partial charge in [-0.2, -0.15) is 8.78 Å². The number of anilines is 1. The first-order chi connectivity index (χ1) is 12.0. The van der Waals surface area contributed by atoms with Crippen LogP contribution in [0.3, 0.4) is 0 Å². The molecule has 0 spiro atoms. The zero-order valence-electron chi connectivity index (χ0n) is 13.2. The molecule has 1 aromatic carbocycles. The number of nitrogens with zero attached hydrogens (tertiary/aromatic N) is 3. The Labute approximate surface area is 147 Å². The second kappa shape index (κ2) is 7.77. The number of hydrogen-bond donors (Lipinski definition) is 0. The van der Waals surface area contributed by atoms with Gasteiger partial charge in [0.2, 0.25) is 0 Å². The van der Waals surface area contributed by atoms with E-state index in [0.717, 1.165) is 5.69 Å². The number of benzene rings is 1. The largest absolute Gasteiger partial charge is 0.368 e. The number of amides is 1.